The Morgan fingerprint density at radius 2 is 1.77 bits per heavy atom. The number of hydrogen-bond acceptors (Lipinski definition) is 3. The molecule has 7 heteroatoms. The fraction of sp³-hybridized carbons (Fsp3) is 0.316. The van der Waals surface area contributed by atoms with Gasteiger partial charge in [0, 0.05) is 23.2 Å². The number of carbonyl (C=O) groups is 1. The Bertz CT molecular complexity index is 922. The van der Waals surface area contributed by atoms with E-state index >= 15 is 0 Å². The summed E-state index contributed by atoms with van der Waals surface area (Å²) in [5.74, 6) is -0.433. The Balaban J connectivity index is 1.91. The summed E-state index contributed by atoms with van der Waals surface area (Å²) in [5, 5.41) is 2.79. The summed E-state index contributed by atoms with van der Waals surface area (Å²) in [4.78, 5) is 12.8. The van der Waals surface area contributed by atoms with Crippen LogP contribution in [0.25, 0.3) is 0 Å². The predicted molar refractivity (Wildman–Crippen MR) is 106 cm³/mol. The number of halogens is 1. The van der Waals surface area contributed by atoms with Gasteiger partial charge in [0.1, 0.15) is 0 Å². The SMILES string of the molecule is Cc1ccc(NC(=O)c2ccccc2S(=O)(=O)N2CCCCC2)cc1Br. The van der Waals surface area contributed by atoms with Crippen molar-refractivity contribution in [3.8, 4) is 0 Å². The van der Waals surface area contributed by atoms with Crippen molar-refractivity contribution < 1.29 is 13.2 Å². The van der Waals surface area contributed by atoms with Crippen LogP contribution < -0.4 is 5.32 Å². The number of rotatable bonds is 4. The molecule has 1 heterocycles. The zero-order valence-corrected chi connectivity index (χ0v) is 16.9. The topological polar surface area (TPSA) is 66.5 Å². The molecule has 5 nitrogen and oxygen atoms in total. The average Bonchev–Trinajstić information content (AvgIpc) is 2.65. The van der Waals surface area contributed by atoms with Crippen molar-refractivity contribution >= 4 is 37.5 Å². The Kier molecular flexibility index (Phi) is 5.79. The normalized spacial score (nSPS) is 15.6. The molecular weight excluding hydrogens is 416 g/mol. The van der Waals surface area contributed by atoms with Crippen LogP contribution >= 0.6 is 15.9 Å². The minimum Gasteiger partial charge on any atom is -0.322 e. The summed E-state index contributed by atoms with van der Waals surface area (Å²) in [6, 6.07) is 11.9. The van der Waals surface area contributed by atoms with E-state index in [4.69, 9.17) is 0 Å². The quantitative estimate of drug-likeness (QED) is 0.781. The van der Waals surface area contributed by atoms with Crippen LogP contribution in [0.1, 0.15) is 35.2 Å². The molecule has 26 heavy (non-hydrogen) atoms. The highest BCUT2D eigenvalue weighted by Crippen LogP contribution is 2.25. The maximum Gasteiger partial charge on any atom is 0.257 e. The number of piperidine rings is 1. The van der Waals surface area contributed by atoms with Crippen LogP contribution in [0.2, 0.25) is 0 Å². The first-order chi connectivity index (χ1) is 12.4. The lowest BCUT2D eigenvalue weighted by molar-refractivity contribution is 0.102. The maximum atomic E-state index is 13.0. The Labute approximate surface area is 162 Å². The summed E-state index contributed by atoms with van der Waals surface area (Å²) in [7, 11) is -3.68. The molecule has 1 amide bonds. The number of nitrogens with one attached hydrogen (secondary N) is 1. The van der Waals surface area contributed by atoms with Crippen LogP contribution in [0.15, 0.2) is 51.8 Å². The molecule has 1 N–H and O–H groups in total. The van der Waals surface area contributed by atoms with Crippen molar-refractivity contribution in [2.75, 3.05) is 18.4 Å². The van der Waals surface area contributed by atoms with Crippen LogP contribution in [0.5, 0.6) is 0 Å². The second-order valence-corrected chi connectivity index (χ2v) is 9.14. The molecule has 0 unspecified atom stereocenters. The number of anilines is 1. The van der Waals surface area contributed by atoms with Gasteiger partial charge in [-0.05, 0) is 49.6 Å². The van der Waals surface area contributed by atoms with E-state index in [0.717, 1.165) is 29.3 Å². The molecule has 0 aromatic heterocycles. The summed E-state index contributed by atoms with van der Waals surface area (Å²) < 4.78 is 28.4. The van der Waals surface area contributed by atoms with E-state index in [1.165, 1.54) is 10.4 Å². The van der Waals surface area contributed by atoms with E-state index in [1.54, 1.807) is 30.3 Å². The van der Waals surface area contributed by atoms with Gasteiger partial charge in [-0.15, -0.1) is 0 Å². The van der Waals surface area contributed by atoms with Crippen molar-refractivity contribution in [3.05, 3.63) is 58.1 Å². The molecule has 0 radical (unpaired) electrons. The van der Waals surface area contributed by atoms with Crippen LogP contribution in [0.3, 0.4) is 0 Å². The molecule has 3 rings (SSSR count). The predicted octanol–water partition coefficient (Wildman–Crippen LogP) is 4.18. The summed E-state index contributed by atoms with van der Waals surface area (Å²) in [6.45, 7) is 2.96. The lowest BCUT2D eigenvalue weighted by Crippen LogP contribution is -2.36. The molecular formula is C19H21BrN2O3S. The first-order valence-electron chi connectivity index (χ1n) is 8.56. The van der Waals surface area contributed by atoms with Crippen LogP contribution in [-0.4, -0.2) is 31.7 Å². The largest absolute Gasteiger partial charge is 0.322 e. The minimum absolute atomic E-state index is 0.0607. The number of hydrogen-bond donors (Lipinski definition) is 1. The summed E-state index contributed by atoms with van der Waals surface area (Å²) in [5.41, 5.74) is 1.82. The fourth-order valence-electron chi connectivity index (χ4n) is 2.99. The van der Waals surface area contributed by atoms with E-state index in [-0.39, 0.29) is 10.5 Å². The number of aryl methyl sites for hydroxylation is 1. The molecule has 1 saturated heterocycles. The zero-order valence-electron chi connectivity index (χ0n) is 14.5. The first kappa shape index (κ1) is 19.1. The third kappa shape index (κ3) is 4.00. The van der Waals surface area contributed by atoms with Gasteiger partial charge in [-0.2, -0.15) is 4.31 Å². The molecule has 0 aliphatic carbocycles. The highest BCUT2D eigenvalue weighted by atomic mass is 79.9. The number of carbonyl (C=O) groups excluding carboxylic acids is 1. The zero-order chi connectivity index (χ0) is 18.7. The van der Waals surface area contributed by atoms with E-state index < -0.39 is 15.9 Å². The number of amides is 1. The van der Waals surface area contributed by atoms with E-state index in [9.17, 15) is 13.2 Å². The molecule has 2 aromatic rings. The second-order valence-electron chi connectivity index (χ2n) is 6.38. The molecule has 138 valence electrons. The molecule has 0 atom stereocenters. The van der Waals surface area contributed by atoms with Crippen molar-refractivity contribution in [3.63, 3.8) is 0 Å². The molecule has 0 spiro atoms. The van der Waals surface area contributed by atoms with Crippen molar-refractivity contribution in [2.24, 2.45) is 0 Å². The number of benzene rings is 2. The van der Waals surface area contributed by atoms with Gasteiger partial charge in [0.15, 0.2) is 0 Å². The number of sulfonamides is 1. The third-order valence-electron chi connectivity index (χ3n) is 4.49. The average molecular weight is 437 g/mol. The highest BCUT2D eigenvalue weighted by Gasteiger charge is 2.29. The van der Waals surface area contributed by atoms with E-state index in [1.807, 2.05) is 13.0 Å². The molecule has 0 saturated carbocycles. The van der Waals surface area contributed by atoms with Crippen molar-refractivity contribution in [1.29, 1.82) is 0 Å². The molecule has 2 aromatic carbocycles. The van der Waals surface area contributed by atoms with Gasteiger partial charge in [-0.3, -0.25) is 4.79 Å². The van der Waals surface area contributed by atoms with E-state index in [0.29, 0.717) is 18.8 Å². The van der Waals surface area contributed by atoms with Gasteiger partial charge >= 0.3 is 0 Å². The van der Waals surface area contributed by atoms with Crippen LogP contribution in [-0.2, 0) is 10.0 Å². The molecule has 1 aliphatic heterocycles. The van der Waals surface area contributed by atoms with Gasteiger partial charge in [0.25, 0.3) is 5.91 Å². The van der Waals surface area contributed by atoms with Gasteiger partial charge in [0.2, 0.25) is 10.0 Å². The van der Waals surface area contributed by atoms with Gasteiger partial charge in [-0.25, -0.2) is 8.42 Å². The molecule has 1 fully saturated rings. The van der Waals surface area contributed by atoms with Gasteiger partial charge < -0.3 is 5.32 Å². The number of nitrogens with zero attached hydrogens (tertiary/aromatic N) is 1. The van der Waals surface area contributed by atoms with Crippen LogP contribution in [0, 0.1) is 6.92 Å². The highest BCUT2D eigenvalue weighted by molar-refractivity contribution is 9.10. The second kappa shape index (κ2) is 7.90. The third-order valence-corrected chi connectivity index (χ3v) is 7.31. The molecule has 1 aliphatic rings. The molecule has 0 bridgehead atoms. The van der Waals surface area contributed by atoms with E-state index in [2.05, 4.69) is 21.2 Å². The fourth-order valence-corrected chi connectivity index (χ4v) is 5.08. The summed E-state index contributed by atoms with van der Waals surface area (Å²) >= 11 is 3.44. The van der Waals surface area contributed by atoms with Crippen molar-refractivity contribution in [2.45, 2.75) is 31.1 Å². The smallest absolute Gasteiger partial charge is 0.257 e. The van der Waals surface area contributed by atoms with Gasteiger partial charge in [0.05, 0.1) is 10.5 Å². The maximum absolute atomic E-state index is 13.0. The Morgan fingerprint density at radius 1 is 1.08 bits per heavy atom. The standard InChI is InChI=1S/C19H21BrN2O3S/c1-14-9-10-15(13-17(14)20)21-19(23)16-7-3-4-8-18(16)26(24,25)22-11-5-2-6-12-22/h3-4,7-10,13H,2,5-6,11-12H2,1H3,(H,21,23). The minimum atomic E-state index is -3.68. The monoisotopic (exact) mass is 436 g/mol. The lowest BCUT2D eigenvalue weighted by atomic mass is 10.2. The Morgan fingerprint density at radius 3 is 2.46 bits per heavy atom. The summed E-state index contributed by atoms with van der Waals surface area (Å²) in [6.07, 6.45) is 2.74. The first-order valence-corrected chi connectivity index (χ1v) is 10.8. The van der Waals surface area contributed by atoms with Crippen molar-refractivity contribution in [1.82, 2.24) is 4.31 Å². The lowest BCUT2D eigenvalue weighted by Gasteiger charge is -2.26. The van der Waals surface area contributed by atoms with Gasteiger partial charge in [-0.1, -0.05) is 40.5 Å². The Hall–Kier alpha value is -1.70. The van der Waals surface area contributed by atoms with Crippen LogP contribution in [0.4, 0.5) is 5.69 Å².